The number of carbonyl (C=O) groups excluding carboxylic acids is 1. The average Bonchev–Trinajstić information content (AvgIpc) is 2.48. The van der Waals surface area contributed by atoms with Crippen LogP contribution in [0.15, 0.2) is 48.8 Å². The zero-order chi connectivity index (χ0) is 14.2. The number of anilines is 2. The van der Waals surface area contributed by atoms with Gasteiger partial charge in [-0.2, -0.15) is 0 Å². The fourth-order valence-electron chi connectivity index (χ4n) is 1.83. The van der Waals surface area contributed by atoms with Crippen LogP contribution in [0.2, 0.25) is 0 Å². The largest absolute Gasteiger partial charge is 0.381 e. The number of benzene rings is 1. The van der Waals surface area contributed by atoms with E-state index < -0.39 is 0 Å². The van der Waals surface area contributed by atoms with Crippen LogP contribution >= 0.6 is 0 Å². The van der Waals surface area contributed by atoms with Gasteiger partial charge < -0.3 is 10.6 Å². The molecule has 0 fully saturated rings. The molecule has 0 unspecified atom stereocenters. The van der Waals surface area contributed by atoms with Gasteiger partial charge >= 0.3 is 0 Å². The van der Waals surface area contributed by atoms with Crippen molar-refractivity contribution in [2.75, 3.05) is 10.6 Å². The normalized spacial score (nSPS) is 10.1. The number of pyridine rings is 1. The summed E-state index contributed by atoms with van der Waals surface area (Å²) in [6.45, 7) is 2.75. The van der Waals surface area contributed by atoms with Crippen LogP contribution in [-0.2, 0) is 11.3 Å². The Bertz CT molecular complexity index is 537. The van der Waals surface area contributed by atoms with E-state index in [9.17, 15) is 4.79 Å². The van der Waals surface area contributed by atoms with Crippen molar-refractivity contribution in [3.05, 3.63) is 54.4 Å². The lowest BCUT2D eigenvalue weighted by Crippen LogP contribution is -2.10. The highest BCUT2D eigenvalue weighted by Gasteiger charge is 2.00. The summed E-state index contributed by atoms with van der Waals surface area (Å²) >= 11 is 0. The highest BCUT2D eigenvalue weighted by Crippen LogP contribution is 2.14. The van der Waals surface area contributed by atoms with Crippen molar-refractivity contribution in [2.24, 2.45) is 0 Å². The van der Waals surface area contributed by atoms with E-state index >= 15 is 0 Å². The van der Waals surface area contributed by atoms with E-state index in [0.29, 0.717) is 6.42 Å². The van der Waals surface area contributed by atoms with Gasteiger partial charge in [-0.25, -0.2) is 0 Å². The molecular formula is C16H19N3O. The summed E-state index contributed by atoms with van der Waals surface area (Å²) in [6.07, 6.45) is 4.98. The van der Waals surface area contributed by atoms with Crippen molar-refractivity contribution in [1.82, 2.24) is 4.98 Å². The minimum atomic E-state index is 0.0602. The maximum atomic E-state index is 11.5. The molecule has 104 valence electrons. The van der Waals surface area contributed by atoms with Gasteiger partial charge in [0.1, 0.15) is 0 Å². The summed E-state index contributed by atoms with van der Waals surface area (Å²) in [6, 6.07) is 11.7. The van der Waals surface area contributed by atoms with E-state index in [1.54, 1.807) is 12.4 Å². The predicted molar refractivity (Wildman–Crippen MR) is 81.5 cm³/mol. The molecule has 20 heavy (non-hydrogen) atoms. The number of carbonyl (C=O) groups is 1. The first-order chi connectivity index (χ1) is 9.78. The molecule has 1 aromatic heterocycles. The molecule has 1 heterocycles. The molecule has 4 nitrogen and oxygen atoms in total. The van der Waals surface area contributed by atoms with Crippen LogP contribution in [0.3, 0.4) is 0 Å². The number of nitrogens with one attached hydrogen (secondary N) is 2. The summed E-state index contributed by atoms with van der Waals surface area (Å²) < 4.78 is 0. The topological polar surface area (TPSA) is 54.0 Å². The summed E-state index contributed by atoms with van der Waals surface area (Å²) in [5.41, 5.74) is 3.04. The Hall–Kier alpha value is -2.36. The number of hydrogen-bond acceptors (Lipinski definition) is 3. The van der Waals surface area contributed by atoms with Gasteiger partial charge in [0.25, 0.3) is 0 Å². The second kappa shape index (κ2) is 7.28. The van der Waals surface area contributed by atoms with Crippen molar-refractivity contribution < 1.29 is 4.79 Å². The molecule has 0 aliphatic heterocycles. The molecule has 0 saturated carbocycles. The van der Waals surface area contributed by atoms with Gasteiger partial charge in [-0.3, -0.25) is 9.78 Å². The average molecular weight is 269 g/mol. The summed E-state index contributed by atoms with van der Waals surface area (Å²) in [5.74, 6) is 0.0602. The highest BCUT2D eigenvalue weighted by molar-refractivity contribution is 5.90. The van der Waals surface area contributed by atoms with Crippen LogP contribution in [0.5, 0.6) is 0 Å². The Labute approximate surface area is 119 Å². The standard InChI is InChI=1S/C16H19N3O/c1-2-3-16(20)19-15-6-4-14(5-7-15)18-12-13-8-10-17-11-9-13/h4-11,18H,2-3,12H2,1H3,(H,19,20). The van der Waals surface area contributed by atoms with E-state index in [-0.39, 0.29) is 5.91 Å². The third kappa shape index (κ3) is 4.39. The first-order valence-corrected chi connectivity index (χ1v) is 6.80. The van der Waals surface area contributed by atoms with Gasteiger partial charge in [-0.15, -0.1) is 0 Å². The minimum absolute atomic E-state index is 0.0602. The molecule has 4 heteroatoms. The van der Waals surface area contributed by atoms with Crippen molar-refractivity contribution in [1.29, 1.82) is 0 Å². The second-order valence-electron chi connectivity index (χ2n) is 4.58. The van der Waals surface area contributed by atoms with Crippen molar-refractivity contribution in [3.63, 3.8) is 0 Å². The van der Waals surface area contributed by atoms with Gasteiger partial charge in [-0.1, -0.05) is 6.92 Å². The predicted octanol–water partition coefficient (Wildman–Crippen LogP) is 3.43. The number of rotatable bonds is 6. The molecule has 0 radical (unpaired) electrons. The third-order valence-corrected chi connectivity index (χ3v) is 2.89. The maximum Gasteiger partial charge on any atom is 0.224 e. The molecule has 1 amide bonds. The molecule has 0 aliphatic rings. The van der Waals surface area contributed by atoms with Gasteiger partial charge in [0.05, 0.1) is 0 Å². The SMILES string of the molecule is CCCC(=O)Nc1ccc(NCc2ccncc2)cc1. The zero-order valence-electron chi connectivity index (χ0n) is 11.6. The summed E-state index contributed by atoms with van der Waals surface area (Å²) in [4.78, 5) is 15.5. The Morgan fingerprint density at radius 1 is 1.05 bits per heavy atom. The van der Waals surface area contributed by atoms with E-state index in [1.165, 1.54) is 5.56 Å². The smallest absolute Gasteiger partial charge is 0.224 e. The molecule has 2 rings (SSSR count). The minimum Gasteiger partial charge on any atom is -0.381 e. The molecule has 0 atom stereocenters. The highest BCUT2D eigenvalue weighted by atomic mass is 16.1. The monoisotopic (exact) mass is 269 g/mol. The van der Waals surface area contributed by atoms with Gasteiger partial charge in [0, 0.05) is 36.7 Å². The third-order valence-electron chi connectivity index (χ3n) is 2.89. The Kier molecular flexibility index (Phi) is 5.12. The molecule has 1 aromatic carbocycles. The van der Waals surface area contributed by atoms with Crippen LogP contribution in [-0.4, -0.2) is 10.9 Å². The lowest BCUT2D eigenvalue weighted by Gasteiger charge is -2.08. The Balaban J connectivity index is 1.87. The number of nitrogens with zero attached hydrogens (tertiary/aromatic N) is 1. The molecule has 0 bridgehead atoms. The van der Waals surface area contributed by atoms with Crippen LogP contribution in [0.1, 0.15) is 25.3 Å². The molecule has 0 spiro atoms. The second-order valence-corrected chi connectivity index (χ2v) is 4.58. The molecule has 2 N–H and O–H groups in total. The number of amides is 1. The van der Waals surface area contributed by atoms with Crippen molar-refractivity contribution in [3.8, 4) is 0 Å². The first-order valence-electron chi connectivity index (χ1n) is 6.80. The lowest BCUT2D eigenvalue weighted by molar-refractivity contribution is -0.116. The molecule has 0 saturated heterocycles. The van der Waals surface area contributed by atoms with E-state index in [1.807, 2.05) is 43.3 Å². The lowest BCUT2D eigenvalue weighted by atomic mass is 10.2. The Morgan fingerprint density at radius 3 is 2.35 bits per heavy atom. The van der Waals surface area contributed by atoms with Gasteiger partial charge in [0.2, 0.25) is 5.91 Å². The first kappa shape index (κ1) is 14.1. The molecule has 0 aliphatic carbocycles. The summed E-state index contributed by atoms with van der Waals surface area (Å²) in [5, 5.41) is 6.20. The number of hydrogen-bond donors (Lipinski definition) is 2. The zero-order valence-corrected chi connectivity index (χ0v) is 11.6. The molecule has 2 aromatic rings. The maximum absolute atomic E-state index is 11.5. The Morgan fingerprint density at radius 2 is 1.70 bits per heavy atom. The van der Waals surface area contributed by atoms with Crippen LogP contribution in [0.4, 0.5) is 11.4 Å². The quantitative estimate of drug-likeness (QED) is 0.844. The fourth-order valence-corrected chi connectivity index (χ4v) is 1.83. The summed E-state index contributed by atoms with van der Waals surface area (Å²) in [7, 11) is 0. The van der Waals surface area contributed by atoms with E-state index in [0.717, 1.165) is 24.3 Å². The van der Waals surface area contributed by atoms with Gasteiger partial charge in [-0.05, 0) is 48.4 Å². The van der Waals surface area contributed by atoms with E-state index in [2.05, 4.69) is 15.6 Å². The van der Waals surface area contributed by atoms with Crippen LogP contribution < -0.4 is 10.6 Å². The van der Waals surface area contributed by atoms with E-state index in [4.69, 9.17) is 0 Å². The van der Waals surface area contributed by atoms with Gasteiger partial charge in [0.15, 0.2) is 0 Å². The molecular weight excluding hydrogens is 250 g/mol. The number of aromatic nitrogens is 1. The fraction of sp³-hybridized carbons (Fsp3) is 0.250. The van der Waals surface area contributed by atoms with Crippen molar-refractivity contribution in [2.45, 2.75) is 26.3 Å². The van der Waals surface area contributed by atoms with Crippen LogP contribution in [0.25, 0.3) is 0 Å². The van der Waals surface area contributed by atoms with Crippen LogP contribution in [0, 0.1) is 0 Å². The van der Waals surface area contributed by atoms with Crippen molar-refractivity contribution >= 4 is 17.3 Å².